The van der Waals surface area contributed by atoms with Gasteiger partial charge in [0.15, 0.2) is 0 Å². The molecule has 0 saturated carbocycles. The van der Waals surface area contributed by atoms with Gasteiger partial charge in [0, 0.05) is 20.2 Å². The van der Waals surface area contributed by atoms with Crippen molar-refractivity contribution in [3.8, 4) is 0 Å². The van der Waals surface area contributed by atoms with Crippen LogP contribution in [0.15, 0.2) is 18.2 Å². The molecule has 1 atom stereocenters. The van der Waals surface area contributed by atoms with Gasteiger partial charge in [0.1, 0.15) is 0 Å². The van der Waals surface area contributed by atoms with Gasteiger partial charge in [-0.25, -0.2) is 0 Å². The fourth-order valence-corrected chi connectivity index (χ4v) is 2.87. The molecule has 1 saturated heterocycles. The summed E-state index contributed by atoms with van der Waals surface area (Å²) in [6, 6.07) is 4.95. The van der Waals surface area contributed by atoms with E-state index in [1.807, 2.05) is 0 Å². The molecule has 140 valence electrons. The molecule has 0 aliphatic carbocycles. The molecule has 6 nitrogen and oxygen atoms in total. The zero-order valence-corrected chi connectivity index (χ0v) is 16.2. The van der Waals surface area contributed by atoms with Crippen LogP contribution in [0.4, 0.5) is 5.69 Å². The van der Waals surface area contributed by atoms with Gasteiger partial charge in [-0.2, -0.15) is 0 Å². The Morgan fingerprint density at radius 3 is 2.60 bits per heavy atom. The lowest BCUT2D eigenvalue weighted by molar-refractivity contribution is -0.132. The minimum absolute atomic E-state index is 0. The number of hydrogen-bond acceptors (Lipinski definition) is 4. The first-order valence-corrected chi connectivity index (χ1v) is 8.53. The molecule has 2 N–H and O–H groups in total. The molecule has 0 spiro atoms. The number of nitrogens with zero attached hydrogens (tertiary/aromatic N) is 1. The van der Waals surface area contributed by atoms with Gasteiger partial charge >= 0.3 is 0 Å². The number of ether oxygens (including phenoxy) is 1. The van der Waals surface area contributed by atoms with E-state index in [9.17, 15) is 9.59 Å². The Kier molecular flexibility index (Phi) is 9.53. The van der Waals surface area contributed by atoms with Crippen LogP contribution in [0.25, 0.3) is 0 Å². The average Bonchev–Trinajstić information content (AvgIpc) is 3.04. The van der Waals surface area contributed by atoms with Gasteiger partial charge in [-0.15, -0.1) is 12.4 Å². The second kappa shape index (κ2) is 10.8. The summed E-state index contributed by atoms with van der Waals surface area (Å²) in [5.41, 5.74) is 0.350. The van der Waals surface area contributed by atoms with E-state index in [1.54, 1.807) is 25.2 Å². The summed E-state index contributed by atoms with van der Waals surface area (Å²) in [4.78, 5) is 25.4. The SMILES string of the molecule is CN(CC(=O)Nc1c(Cl)cccc1Cl)C(=O)CNCC1CCCO1.Cl. The lowest BCUT2D eigenvalue weighted by Gasteiger charge is -2.18. The highest BCUT2D eigenvalue weighted by atomic mass is 35.5. The van der Waals surface area contributed by atoms with E-state index in [2.05, 4.69) is 10.6 Å². The van der Waals surface area contributed by atoms with Crippen LogP contribution in [0.1, 0.15) is 12.8 Å². The standard InChI is InChI=1S/C16H21Cl2N3O3.ClH/c1-21(15(23)9-19-8-11-4-3-7-24-11)10-14(22)20-16-12(17)5-2-6-13(16)18;/h2,5-6,11,19H,3-4,7-10H2,1H3,(H,20,22);1H. The Balaban J connectivity index is 0.00000312. The van der Waals surface area contributed by atoms with Gasteiger partial charge in [0.05, 0.1) is 34.9 Å². The summed E-state index contributed by atoms with van der Waals surface area (Å²) in [5, 5.41) is 6.39. The summed E-state index contributed by atoms with van der Waals surface area (Å²) in [7, 11) is 1.57. The third kappa shape index (κ3) is 6.99. The van der Waals surface area contributed by atoms with Gasteiger partial charge in [-0.1, -0.05) is 29.3 Å². The van der Waals surface area contributed by atoms with E-state index in [1.165, 1.54) is 4.90 Å². The van der Waals surface area contributed by atoms with Crippen molar-refractivity contribution in [2.24, 2.45) is 0 Å². The number of rotatable bonds is 7. The maximum atomic E-state index is 12.1. The second-order valence-corrected chi connectivity index (χ2v) is 6.47. The Bertz CT molecular complexity index is 575. The topological polar surface area (TPSA) is 70.7 Å². The zero-order valence-electron chi connectivity index (χ0n) is 13.9. The molecule has 1 fully saturated rings. The average molecular weight is 411 g/mol. The highest BCUT2D eigenvalue weighted by Crippen LogP contribution is 2.29. The van der Waals surface area contributed by atoms with Crippen LogP contribution < -0.4 is 10.6 Å². The highest BCUT2D eigenvalue weighted by Gasteiger charge is 2.17. The number of para-hydroxylation sites is 1. The van der Waals surface area contributed by atoms with Crippen molar-refractivity contribution < 1.29 is 14.3 Å². The van der Waals surface area contributed by atoms with Crippen molar-refractivity contribution in [3.05, 3.63) is 28.2 Å². The summed E-state index contributed by atoms with van der Waals surface area (Å²) < 4.78 is 5.47. The molecular weight excluding hydrogens is 389 g/mol. The molecule has 0 bridgehead atoms. The quantitative estimate of drug-likeness (QED) is 0.725. The van der Waals surface area contributed by atoms with Crippen LogP contribution in [0.5, 0.6) is 0 Å². The zero-order chi connectivity index (χ0) is 17.5. The first kappa shape index (κ1) is 22.0. The molecule has 2 amide bonds. The number of halogens is 3. The van der Waals surface area contributed by atoms with Gasteiger partial charge in [0.2, 0.25) is 11.8 Å². The van der Waals surface area contributed by atoms with Crippen LogP contribution in [0.3, 0.4) is 0 Å². The Morgan fingerprint density at radius 1 is 1.32 bits per heavy atom. The number of benzene rings is 1. The van der Waals surface area contributed by atoms with Crippen molar-refractivity contribution in [2.75, 3.05) is 38.6 Å². The summed E-state index contributed by atoms with van der Waals surface area (Å²) in [6.07, 6.45) is 2.25. The van der Waals surface area contributed by atoms with E-state index in [-0.39, 0.29) is 43.4 Å². The first-order chi connectivity index (χ1) is 11.5. The molecule has 1 aliphatic rings. The minimum Gasteiger partial charge on any atom is -0.377 e. The normalized spacial score (nSPS) is 16.2. The van der Waals surface area contributed by atoms with Gasteiger partial charge in [0.25, 0.3) is 0 Å². The van der Waals surface area contributed by atoms with Gasteiger partial charge in [-0.05, 0) is 25.0 Å². The van der Waals surface area contributed by atoms with Crippen molar-refractivity contribution in [1.29, 1.82) is 0 Å². The van der Waals surface area contributed by atoms with Gasteiger partial charge in [-0.3, -0.25) is 9.59 Å². The Morgan fingerprint density at radius 2 is 2.00 bits per heavy atom. The summed E-state index contributed by atoms with van der Waals surface area (Å²) >= 11 is 12.0. The molecule has 1 heterocycles. The third-order valence-electron chi connectivity index (χ3n) is 3.71. The van der Waals surface area contributed by atoms with Gasteiger partial charge < -0.3 is 20.3 Å². The fourth-order valence-electron chi connectivity index (χ4n) is 2.38. The van der Waals surface area contributed by atoms with Crippen LogP contribution in [0.2, 0.25) is 10.0 Å². The second-order valence-electron chi connectivity index (χ2n) is 5.66. The van der Waals surface area contributed by atoms with E-state index >= 15 is 0 Å². The molecule has 1 unspecified atom stereocenters. The van der Waals surface area contributed by atoms with E-state index < -0.39 is 0 Å². The minimum atomic E-state index is -0.361. The van der Waals surface area contributed by atoms with Crippen LogP contribution in [-0.4, -0.2) is 56.1 Å². The molecule has 1 aromatic rings. The monoisotopic (exact) mass is 409 g/mol. The number of carbonyl (C=O) groups is 2. The molecule has 1 aromatic carbocycles. The van der Waals surface area contributed by atoms with E-state index in [0.29, 0.717) is 22.3 Å². The van der Waals surface area contributed by atoms with E-state index in [4.69, 9.17) is 27.9 Å². The van der Waals surface area contributed by atoms with Crippen LogP contribution >= 0.6 is 35.6 Å². The number of anilines is 1. The summed E-state index contributed by atoms with van der Waals surface area (Å²) in [5.74, 6) is -0.534. The molecule has 1 aliphatic heterocycles. The van der Waals surface area contributed by atoms with Crippen LogP contribution in [-0.2, 0) is 14.3 Å². The number of nitrogens with one attached hydrogen (secondary N) is 2. The highest BCUT2D eigenvalue weighted by molar-refractivity contribution is 6.39. The Hall–Kier alpha value is -1.05. The molecular formula is C16H22Cl3N3O3. The fraction of sp³-hybridized carbons (Fsp3) is 0.500. The predicted molar refractivity (Wildman–Crippen MR) is 102 cm³/mol. The van der Waals surface area contributed by atoms with Crippen LogP contribution in [0, 0.1) is 0 Å². The Labute approximate surface area is 163 Å². The number of likely N-dealkylation sites (N-methyl/N-ethyl adjacent to an activating group) is 1. The predicted octanol–water partition coefficient (Wildman–Crippen LogP) is 2.58. The smallest absolute Gasteiger partial charge is 0.244 e. The van der Waals surface area contributed by atoms with Crippen molar-refractivity contribution in [2.45, 2.75) is 18.9 Å². The number of carbonyl (C=O) groups excluding carboxylic acids is 2. The molecule has 0 aromatic heterocycles. The first-order valence-electron chi connectivity index (χ1n) is 7.77. The van der Waals surface area contributed by atoms with Crippen molar-refractivity contribution in [3.63, 3.8) is 0 Å². The number of amides is 2. The maximum Gasteiger partial charge on any atom is 0.244 e. The molecule has 2 rings (SSSR count). The lowest BCUT2D eigenvalue weighted by Crippen LogP contribution is -2.41. The summed E-state index contributed by atoms with van der Waals surface area (Å²) in [6.45, 7) is 1.50. The van der Waals surface area contributed by atoms with Crippen molar-refractivity contribution in [1.82, 2.24) is 10.2 Å². The van der Waals surface area contributed by atoms with Crippen molar-refractivity contribution >= 4 is 53.1 Å². The van der Waals surface area contributed by atoms with E-state index in [0.717, 1.165) is 19.4 Å². The third-order valence-corrected chi connectivity index (χ3v) is 4.34. The lowest BCUT2D eigenvalue weighted by atomic mass is 10.2. The largest absolute Gasteiger partial charge is 0.377 e. The maximum absolute atomic E-state index is 12.1. The molecule has 0 radical (unpaired) electrons. The molecule has 9 heteroatoms. The molecule has 25 heavy (non-hydrogen) atoms. The number of hydrogen-bond donors (Lipinski definition) is 2.